The monoisotopic (exact) mass is 600 g/mol. The van der Waals surface area contributed by atoms with E-state index in [0.717, 1.165) is 12.1 Å². The molecular weight excluding hydrogens is 576 g/mol. The van der Waals surface area contributed by atoms with E-state index in [-0.39, 0.29) is 22.8 Å². The van der Waals surface area contributed by atoms with Crippen molar-refractivity contribution in [3.05, 3.63) is 92.4 Å². The van der Waals surface area contributed by atoms with E-state index in [2.05, 4.69) is 10.3 Å². The van der Waals surface area contributed by atoms with Crippen molar-refractivity contribution in [2.24, 2.45) is 0 Å². The number of hydrogen-bond acceptors (Lipinski definition) is 8. The fourth-order valence-corrected chi connectivity index (χ4v) is 5.62. The highest BCUT2D eigenvalue weighted by Crippen LogP contribution is 2.45. The van der Waals surface area contributed by atoms with Gasteiger partial charge in [-0.3, -0.25) is 9.59 Å². The average Bonchev–Trinajstić information content (AvgIpc) is 3.41. The normalized spacial score (nSPS) is 19.6. The van der Waals surface area contributed by atoms with Gasteiger partial charge < -0.3 is 30.8 Å². The van der Waals surface area contributed by atoms with Gasteiger partial charge in [-0.2, -0.15) is 0 Å². The van der Waals surface area contributed by atoms with Gasteiger partial charge in [-0.15, -0.1) is 0 Å². The molecular formula is C31H24N2O11. The molecule has 0 spiro atoms. The first-order valence-electron chi connectivity index (χ1n) is 13.0. The third kappa shape index (κ3) is 4.28. The van der Waals surface area contributed by atoms with Crippen LogP contribution in [0.15, 0.2) is 59.0 Å². The smallest absolute Gasteiger partial charge is 0.336 e. The molecule has 0 unspecified atom stereocenters. The van der Waals surface area contributed by atoms with Crippen LogP contribution in [-0.2, 0) is 20.4 Å². The Bertz CT molecular complexity index is 1940. The van der Waals surface area contributed by atoms with Crippen molar-refractivity contribution in [3.8, 4) is 0 Å². The standard InChI is InChI=1S/C31H24N2O11/c1-30(2)17-5-11(26(37)38)13(28(41)42)7-19(17)32-21(30)9-15-23(34)16(25(36)24(15)35)10-22-31(3,4)18-6-12(27(39)40)14(29(43)44)8-20(18)33-22/h5-10,32,34H,1-4H3,(H,37,38)(H,39,40)(H,41,42)(H,43,44)/b16-10-,21-9+. The first-order valence-corrected chi connectivity index (χ1v) is 13.0. The number of fused-ring (bicyclic) bond motifs is 2. The summed E-state index contributed by atoms with van der Waals surface area (Å²) in [7, 11) is 0. The third-order valence-electron chi connectivity index (χ3n) is 8.23. The van der Waals surface area contributed by atoms with Crippen molar-refractivity contribution in [1.82, 2.24) is 0 Å². The molecule has 0 atom stereocenters. The second-order valence-corrected chi connectivity index (χ2v) is 11.5. The molecule has 13 nitrogen and oxygen atoms in total. The molecule has 0 amide bonds. The molecule has 0 bridgehead atoms. The molecule has 2 aliphatic heterocycles. The summed E-state index contributed by atoms with van der Waals surface area (Å²) >= 11 is 0. The molecule has 0 fully saturated rings. The molecule has 0 saturated heterocycles. The zero-order chi connectivity index (χ0) is 32.6. The number of carbonyl (C=O) groups is 6. The van der Waals surface area contributed by atoms with E-state index in [1.54, 1.807) is 27.7 Å². The van der Waals surface area contributed by atoms with Crippen LogP contribution in [-0.4, -0.2) is 61.6 Å². The van der Waals surface area contributed by atoms with Gasteiger partial charge in [-0.1, -0.05) is 19.6 Å². The summed E-state index contributed by atoms with van der Waals surface area (Å²) in [6.07, 6.45) is 2.38. The predicted octanol–water partition coefficient (Wildman–Crippen LogP) is 0.904. The van der Waals surface area contributed by atoms with E-state index in [1.165, 1.54) is 24.3 Å². The summed E-state index contributed by atoms with van der Waals surface area (Å²) in [5.74, 6) is -8.88. The van der Waals surface area contributed by atoms with E-state index in [0.29, 0.717) is 11.1 Å². The topological polar surface area (TPSA) is 232 Å². The van der Waals surface area contributed by atoms with Gasteiger partial charge in [-0.05, 0) is 43.7 Å². The Morgan fingerprint density at radius 2 is 1.23 bits per heavy atom. The lowest BCUT2D eigenvalue weighted by Gasteiger charge is -2.21. The van der Waals surface area contributed by atoms with Crippen molar-refractivity contribution >= 4 is 52.5 Å². The second-order valence-electron chi connectivity index (χ2n) is 11.5. The maximum Gasteiger partial charge on any atom is 0.336 e. The molecule has 1 aliphatic carbocycles. The minimum atomic E-state index is -1.46. The Morgan fingerprint density at radius 3 is 1.77 bits per heavy atom. The Hall–Kier alpha value is -5.85. The molecule has 0 saturated carbocycles. The van der Waals surface area contributed by atoms with Gasteiger partial charge in [-0.25, -0.2) is 24.2 Å². The van der Waals surface area contributed by atoms with Gasteiger partial charge in [0.2, 0.25) is 17.3 Å². The Balaban J connectivity index is 1.58. The molecule has 0 radical (unpaired) electrons. The van der Waals surface area contributed by atoms with Crippen molar-refractivity contribution in [2.45, 2.75) is 38.5 Å². The SMILES string of the molecule is CC1(C)C(/C=C2\C(=O)C(=O)C(/C=C3/Nc4cc(C(=O)O)c(C(=O)O)cc4C3(C)C)=C2[O-])=[NH+]c2cc(C(=O)O)c(C(=O)O)cc21. The number of nitrogens with one attached hydrogen (secondary N) is 2. The Kier molecular flexibility index (Phi) is 6.46. The van der Waals surface area contributed by atoms with Gasteiger partial charge in [0.1, 0.15) is 0 Å². The van der Waals surface area contributed by atoms with Crippen LogP contribution in [0.1, 0.15) is 80.3 Å². The average molecular weight is 601 g/mol. The maximum absolute atomic E-state index is 13.5. The molecule has 2 aromatic carbocycles. The van der Waals surface area contributed by atoms with Gasteiger partial charge in [0.15, 0.2) is 5.71 Å². The molecule has 5 rings (SSSR count). The van der Waals surface area contributed by atoms with Crippen LogP contribution in [0.3, 0.4) is 0 Å². The van der Waals surface area contributed by atoms with Crippen molar-refractivity contribution in [2.75, 3.05) is 5.32 Å². The lowest BCUT2D eigenvalue weighted by molar-refractivity contribution is -0.349. The number of hydrogen-bond donors (Lipinski definition) is 6. The lowest BCUT2D eigenvalue weighted by atomic mass is 9.79. The summed E-state index contributed by atoms with van der Waals surface area (Å²) in [4.78, 5) is 75.8. The van der Waals surface area contributed by atoms with E-state index in [9.17, 15) is 54.3 Å². The van der Waals surface area contributed by atoms with Crippen LogP contribution in [0.4, 0.5) is 11.4 Å². The molecule has 0 aromatic heterocycles. The van der Waals surface area contributed by atoms with E-state index < -0.39 is 85.4 Å². The van der Waals surface area contributed by atoms with Crippen LogP contribution in [0.2, 0.25) is 0 Å². The second kappa shape index (κ2) is 9.59. The zero-order valence-corrected chi connectivity index (χ0v) is 23.6. The van der Waals surface area contributed by atoms with Gasteiger partial charge >= 0.3 is 23.9 Å². The molecule has 6 N–H and O–H groups in total. The summed E-state index contributed by atoms with van der Waals surface area (Å²) in [6, 6.07) is 4.72. The largest absolute Gasteiger partial charge is 0.871 e. The van der Waals surface area contributed by atoms with E-state index >= 15 is 0 Å². The maximum atomic E-state index is 13.5. The van der Waals surface area contributed by atoms with Crippen molar-refractivity contribution in [1.29, 1.82) is 0 Å². The summed E-state index contributed by atoms with van der Waals surface area (Å²) in [6.45, 7) is 6.67. The minimum Gasteiger partial charge on any atom is -0.871 e. The predicted molar refractivity (Wildman–Crippen MR) is 149 cm³/mol. The fraction of sp³-hybridized carbons (Fsp3) is 0.194. The highest BCUT2D eigenvalue weighted by atomic mass is 16.4. The number of anilines is 1. The molecule has 44 heavy (non-hydrogen) atoms. The number of ketones is 2. The van der Waals surface area contributed by atoms with Gasteiger partial charge in [0.05, 0.1) is 27.7 Å². The lowest BCUT2D eigenvalue weighted by Crippen LogP contribution is -2.65. The molecule has 3 aliphatic rings. The Morgan fingerprint density at radius 1 is 0.727 bits per heavy atom. The fourth-order valence-electron chi connectivity index (χ4n) is 5.62. The number of carbonyl (C=O) groups excluding carboxylic acids is 2. The van der Waals surface area contributed by atoms with E-state index in [1.807, 2.05) is 0 Å². The van der Waals surface area contributed by atoms with E-state index in [4.69, 9.17) is 0 Å². The zero-order valence-electron chi connectivity index (χ0n) is 23.6. The number of Topliss-reactive ketones (excluding diaryl/α,β-unsaturated/α-hetero) is 2. The number of allylic oxidation sites excluding steroid dienone is 5. The van der Waals surface area contributed by atoms with Crippen molar-refractivity contribution < 1.29 is 59.3 Å². The first kappa shape index (κ1) is 29.6. The number of benzene rings is 2. The van der Waals surface area contributed by atoms with Crippen LogP contribution >= 0.6 is 0 Å². The van der Waals surface area contributed by atoms with Gasteiger partial charge in [0.25, 0.3) is 0 Å². The quantitative estimate of drug-likeness (QED) is 0.201. The molecule has 2 aromatic rings. The van der Waals surface area contributed by atoms with Crippen LogP contribution < -0.4 is 15.4 Å². The Labute approximate surface area is 248 Å². The van der Waals surface area contributed by atoms with Gasteiger partial charge in [0, 0.05) is 45.7 Å². The summed E-state index contributed by atoms with van der Waals surface area (Å²) in [5, 5.41) is 54.5. The minimum absolute atomic E-state index is 0.249. The highest BCUT2D eigenvalue weighted by molar-refractivity contribution is 6.54. The molecule has 13 heteroatoms. The summed E-state index contributed by atoms with van der Waals surface area (Å²) in [5.41, 5.74) is -2.94. The number of rotatable bonds is 6. The molecule has 224 valence electrons. The third-order valence-corrected chi connectivity index (χ3v) is 8.23. The highest BCUT2D eigenvalue weighted by Gasteiger charge is 2.44. The van der Waals surface area contributed by atoms with Crippen molar-refractivity contribution in [3.63, 3.8) is 0 Å². The summed E-state index contributed by atoms with van der Waals surface area (Å²) < 4.78 is 0. The van der Waals surface area contributed by atoms with Crippen LogP contribution in [0.5, 0.6) is 0 Å². The molecule has 2 heterocycles. The van der Waals surface area contributed by atoms with Crippen LogP contribution in [0.25, 0.3) is 0 Å². The first-order chi connectivity index (χ1) is 20.4. The number of aromatic carboxylic acids is 4. The van der Waals surface area contributed by atoms with Crippen LogP contribution in [0, 0.1) is 0 Å². The number of carboxylic acid groups (broad SMARTS) is 4. The number of carboxylic acids is 4.